The highest BCUT2D eigenvalue weighted by atomic mass is 32.2. The minimum absolute atomic E-state index is 0.00855. The Bertz CT molecular complexity index is 1540. The number of nitro benzene ring substituents is 1. The molecule has 11 heteroatoms. The van der Waals surface area contributed by atoms with Crippen molar-refractivity contribution in [1.82, 2.24) is 20.1 Å². The topological polar surface area (TPSA) is 123 Å². The highest BCUT2D eigenvalue weighted by molar-refractivity contribution is 7.99. The molecule has 0 bridgehead atoms. The number of para-hydroxylation sites is 2. The predicted molar refractivity (Wildman–Crippen MR) is 148 cm³/mol. The van der Waals surface area contributed by atoms with Gasteiger partial charge in [0.2, 0.25) is 5.91 Å². The van der Waals surface area contributed by atoms with Crippen LogP contribution in [-0.4, -0.2) is 43.8 Å². The smallest absolute Gasteiger partial charge is 0.273 e. The fourth-order valence-corrected chi connectivity index (χ4v) is 5.51. The quantitative estimate of drug-likeness (QED) is 0.198. The Morgan fingerprint density at radius 1 is 1.03 bits per heavy atom. The minimum Gasteiger partial charge on any atom is -0.345 e. The second kappa shape index (κ2) is 11.5. The summed E-state index contributed by atoms with van der Waals surface area (Å²) in [6.07, 6.45) is 1.88. The number of nitrogens with one attached hydrogen (secondary N) is 1. The van der Waals surface area contributed by atoms with E-state index in [0.717, 1.165) is 24.2 Å². The molecule has 1 aromatic heterocycles. The molecule has 1 aliphatic heterocycles. The zero-order valence-corrected chi connectivity index (χ0v) is 22.1. The average molecular weight is 543 g/mol. The molecule has 0 saturated heterocycles. The molecule has 2 heterocycles. The van der Waals surface area contributed by atoms with E-state index < -0.39 is 10.8 Å². The number of carbonyl (C=O) groups excluding carboxylic acids is 2. The van der Waals surface area contributed by atoms with Crippen molar-refractivity contribution in [2.75, 3.05) is 17.2 Å². The first kappa shape index (κ1) is 26.1. The number of thioether (sulfide) groups is 1. The number of hydrogen-bond acceptors (Lipinski definition) is 7. The monoisotopic (exact) mass is 542 g/mol. The number of carbonyl (C=O) groups is 2. The van der Waals surface area contributed by atoms with Crippen LogP contribution in [0.1, 0.15) is 33.7 Å². The van der Waals surface area contributed by atoms with Crippen molar-refractivity contribution in [1.29, 1.82) is 0 Å². The van der Waals surface area contributed by atoms with Gasteiger partial charge in [0.05, 0.1) is 17.2 Å². The number of fused-ring (bicyclic) bond motifs is 1. The van der Waals surface area contributed by atoms with Gasteiger partial charge in [0, 0.05) is 35.1 Å². The van der Waals surface area contributed by atoms with Crippen LogP contribution in [0, 0.1) is 17.0 Å². The highest BCUT2D eigenvalue weighted by Crippen LogP contribution is 2.29. The molecule has 0 fully saturated rings. The third-order valence-electron chi connectivity index (χ3n) is 6.60. The number of benzene rings is 3. The first-order valence-corrected chi connectivity index (χ1v) is 13.5. The molecule has 0 radical (unpaired) electrons. The third-order valence-corrected chi connectivity index (χ3v) is 7.52. The van der Waals surface area contributed by atoms with Gasteiger partial charge in [-0.15, -0.1) is 10.2 Å². The molecular weight excluding hydrogens is 516 g/mol. The van der Waals surface area contributed by atoms with Gasteiger partial charge in [-0.25, -0.2) is 0 Å². The van der Waals surface area contributed by atoms with Gasteiger partial charge in [0.15, 0.2) is 11.0 Å². The predicted octanol–water partition coefficient (Wildman–Crippen LogP) is 4.49. The molecule has 0 aliphatic carbocycles. The molecule has 0 atom stereocenters. The van der Waals surface area contributed by atoms with E-state index in [4.69, 9.17) is 0 Å². The SMILES string of the molecule is Cc1c(C(=O)NCc2nnc(SCC(=O)N3CCCc4ccccc43)n2-c2ccccc2)cccc1[N+](=O)[O-]. The van der Waals surface area contributed by atoms with Gasteiger partial charge in [0.25, 0.3) is 11.6 Å². The number of aromatic nitrogens is 3. The van der Waals surface area contributed by atoms with Crippen LogP contribution in [0.15, 0.2) is 78.0 Å². The Morgan fingerprint density at radius 2 is 1.79 bits per heavy atom. The molecule has 10 nitrogen and oxygen atoms in total. The number of nitrogens with zero attached hydrogens (tertiary/aromatic N) is 5. The van der Waals surface area contributed by atoms with Crippen molar-refractivity contribution in [3.05, 3.63) is 105 Å². The van der Waals surface area contributed by atoms with Crippen molar-refractivity contribution in [3.8, 4) is 5.69 Å². The Labute approximate surface area is 229 Å². The fourth-order valence-electron chi connectivity index (χ4n) is 4.66. The molecule has 5 rings (SSSR count). The lowest BCUT2D eigenvalue weighted by atomic mass is 10.0. The maximum Gasteiger partial charge on any atom is 0.273 e. The van der Waals surface area contributed by atoms with Gasteiger partial charge in [-0.2, -0.15) is 0 Å². The van der Waals surface area contributed by atoms with E-state index in [1.165, 1.54) is 29.5 Å². The van der Waals surface area contributed by atoms with Crippen LogP contribution in [0.5, 0.6) is 0 Å². The second-order valence-corrected chi connectivity index (χ2v) is 9.97. The fraction of sp³-hybridized carbons (Fsp3) is 0.214. The zero-order valence-electron chi connectivity index (χ0n) is 21.2. The molecule has 2 amide bonds. The van der Waals surface area contributed by atoms with Crippen molar-refractivity contribution in [3.63, 3.8) is 0 Å². The summed E-state index contributed by atoms with van der Waals surface area (Å²) in [6, 6.07) is 21.8. The van der Waals surface area contributed by atoms with Crippen molar-refractivity contribution in [2.24, 2.45) is 0 Å². The molecule has 0 saturated carbocycles. The Balaban J connectivity index is 1.34. The molecule has 1 aliphatic rings. The van der Waals surface area contributed by atoms with E-state index in [9.17, 15) is 19.7 Å². The van der Waals surface area contributed by atoms with Crippen LogP contribution in [0.4, 0.5) is 11.4 Å². The molecule has 0 unspecified atom stereocenters. The summed E-state index contributed by atoms with van der Waals surface area (Å²) in [5.74, 6) is 0.187. The summed E-state index contributed by atoms with van der Waals surface area (Å²) in [4.78, 5) is 38.7. The van der Waals surface area contributed by atoms with Crippen molar-refractivity contribution in [2.45, 2.75) is 31.5 Å². The lowest BCUT2D eigenvalue weighted by molar-refractivity contribution is -0.385. The number of rotatable bonds is 8. The lowest BCUT2D eigenvalue weighted by Gasteiger charge is -2.29. The van der Waals surface area contributed by atoms with Crippen LogP contribution >= 0.6 is 11.8 Å². The van der Waals surface area contributed by atoms with Crippen molar-refractivity contribution < 1.29 is 14.5 Å². The van der Waals surface area contributed by atoms with Gasteiger partial charge in [-0.05, 0) is 49.6 Å². The van der Waals surface area contributed by atoms with Crippen LogP contribution < -0.4 is 10.2 Å². The lowest BCUT2D eigenvalue weighted by Crippen LogP contribution is -2.36. The molecule has 39 heavy (non-hydrogen) atoms. The van der Waals surface area contributed by atoms with E-state index in [2.05, 4.69) is 21.6 Å². The number of nitro groups is 1. The van der Waals surface area contributed by atoms with E-state index in [1.807, 2.05) is 58.0 Å². The van der Waals surface area contributed by atoms with Crippen molar-refractivity contribution >= 4 is 35.0 Å². The molecule has 4 aromatic rings. The molecule has 3 aromatic carbocycles. The maximum atomic E-state index is 13.2. The standard InChI is InChI=1S/C28H26N6O4S/c1-19-22(13-7-15-23(19)34(37)38)27(36)29-17-25-30-31-28(33(25)21-11-3-2-4-12-21)39-18-26(35)32-16-8-10-20-9-5-6-14-24(20)32/h2-7,9,11-15H,8,10,16-18H2,1H3,(H,29,36). The Hall–Kier alpha value is -4.51. The van der Waals surface area contributed by atoms with Crippen LogP contribution in [-0.2, 0) is 17.8 Å². The minimum atomic E-state index is -0.509. The normalized spacial score (nSPS) is 12.6. The van der Waals surface area contributed by atoms with Gasteiger partial charge in [0.1, 0.15) is 0 Å². The van der Waals surface area contributed by atoms with E-state index in [0.29, 0.717) is 23.1 Å². The van der Waals surface area contributed by atoms with Gasteiger partial charge in [-0.3, -0.25) is 24.3 Å². The maximum absolute atomic E-state index is 13.2. The highest BCUT2D eigenvalue weighted by Gasteiger charge is 2.24. The Morgan fingerprint density at radius 3 is 2.59 bits per heavy atom. The first-order valence-electron chi connectivity index (χ1n) is 12.5. The molecule has 1 N–H and O–H groups in total. The van der Waals surface area contributed by atoms with Crippen LogP contribution in [0.25, 0.3) is 5.69 Å². The zero-order chi connectivity index (χ0) is 27.4. The molecule has 198 valence electrons. The third kappa shape index (κ3) is 5.53. The summed E-state index contributed by atoms with van der Waals surface area (Å²) in [7, 11) is 0. The summed E-state index contributed by atoms with van der Waals surface area (Å²) >= 11 is 1.29. The van der Waals surface area contributed by atoms with Crippen LogP contribution in [0.2, 0.25) is 0 Å². The number of hydrogen-bond donors (Lipinski definition) is 1. The summed E-state index contributed by atoms with van der Waals surface area (Å²) < 4.78 is 1.81. The molecule has 0 spiro atoms. The van der Waals surface area contributed by atoms with E-state index in [-0.39, 0.29) is 29.5 Å². The molecular formula is C28H26N6O4S. The number of amides is 2. The number of aryl methyl sites for hydroxylation is 1. The van der Waals surface area contributed by atoms with E-state index in [1.54, 1.807) is 13.0 Å². The largest absolute Gasteiger partial charge is 0.345 e. The van der Waals surface area contributed by atoms with E-state index >= 15 is 0 Å². The number of anilines is 1. The summed E-state index contributed by atoms with van der Waals surface area (Å²) in [6.45, 7) is 2.26. The first-order chi connectivity index (χ1) is 18.9. The van der Waals surface area contributed by atoms with Gasteiger partial charge < -0.3 is 10.2 Å². The van der Waals surface area contributed by atoms with Crippen LogP contribution in [0.3, 0.4) is 0 Å². The average Bonchev–Trinajstić information content (AvgIpc) is 3.37. The summed E-state index contributed by atoms with van der Waals surface area (Å²) in [5, 5.41) is 23.2. The Kier molecular flexibility index (Phi) is 7.69. The van der Waals surface area contributed by atoms with Gasteiger partial charge in [-0.1, -0.05) is 54.2 Å². The summed E-state index contributed by atoms with van der Waals surface area (Å²) in [5.41, 5.74) is 3.31. The van der Waals surface area contributed by atoms with Gasteiger partial charge >= 0.3 is 0 Å². The second-order valence-electron chi connectivity index (χ2n) is 9.03.